The molecular weight excluding hydrogens is 332 g/mol. The first kappa shape index (κ1) is 14.8. The maximum absolute atomic E-state index is 11.3. The number of likely N-dealkylation sites (tertiary alicyclic amines) is 1. The van der Waals surface area contributed by atoms with Gasteiger partial charge in [0, 0.05) is 22.6 Å². The number of nitrogens with zero attached hydrogens (tertiary/aromatic N) is 1. The van der Waals surface area contributed by atoms with Crippen LogP contribution in [0.5, 0.6) is 0 Å². The van der Waals surface area contributed by atoms with E-state index in [0.29, 0.717) is 18.0 Å². The van der Waals surface area contributed by atoms with Gasteiger partial charge in [-0.25, -0.2) is 0 Å². The van der Waals surface area contributed by atoms with Gasteiger partial charge in [-0.1, -0.05) is 27.5 Å². The fraction of sp³-hybridized carbons (Fsp3) is 0.462. The van der Waals surface area contributed by atoms with Gasteiger partial charge in [-0.3, -0.25) is 9.69 Å². The number of piperidine rings is 1. The highest BCUT2D eigenvalue weighted by atomic mass is 79.9. The summed E-state index contributed by atoms with van der Waals surface area (Å²) in [5, 5.41) is 10.8. The Kier molecular flexibility index (Phi) is 4.50. The summed E-state index contributed by atoms with van der Waals surface area (Å²) in [5.74, 6) is -0.655. The molecule has 1 aliphatic rings. The van der Waals surface area contributed by atoms with Gasteiger partial charge in [-0.15, -0.1) is 0 Å². The molecule has 3 N–H and O–H groups in total. The number of hydrogen-bond acceptors (Lipinski definition) is 3. The van der Waals surface area contributed by atoms with Crippen molar-refractivity contribution in [1.82, 2.24) is 4.90 Å². The Balaban J connectivity index is 2.11. The van der Waals surface area contributed by atoms with E-state index < -0.39 is 11.5 Å². The fourth-order valence-electron chi connectivity index (χ4n) is 2.36. The van der Waals surface area contributed by atoms with Gasteiger partial charge in [-0.05, 0) is 43.1 Å². The van der Waals surface area contributed by atoms with Gasteiger partial charge in [0.15, 0.2) is 5.60 Å². The molecule has 2 rings (SSSR count). The molecule has 0 unspecified atom stereocenters. The minimum atomic E-state index is -1.42. The topological polar surface area (TPSA) is 66.6 Å². The number of amides is 1. The van der Waals surface area contributed by atoms with Gasteiger partial charge < -0.3 is 10.8 Å². The van der Waals surface area contributed by atoms with Gasteiger partial charge in [0.25, 0.3) is 5.91 Å². The van der Waals surface area contributed by atoms with Crippen molar-refractivity contribution in [3.63, 3.8) is 0 Å². The molecule has 1 fully saturated rings. The van der Waals surface area contributed by atoms with Crippen LogP contribution in [0.2, 0.25) is 5.02 Å². The summed E-state index contributed by atoms with van der Waals surface area (Å²) >= 11 is 9.55. The second kappa shape index (κ2) is 5.79. The number of benzene rings is 1. The highest BCUT2D eigenvalue weighted by Crippen LogP contribution is 2.26. The average molecular weight is 348 g/mol. The third kappa shape index (κ3) is 3.48. The number of carbonyl (C=O) groups excluding carboxylic acids is 1. The summed E-state index contributed by atoms with van der Waals surface area (Å²) in [4.78, 5) is 13.3. The molecule has 0 aliphatic carbocycles. The van der Waals surface area contributed by atoms with Crippen LogP contribution in [-0.4, -0.2) is 34.6 Å². The molecule has 0 spiro atoms. The van der Waals surface area contributed by atoms with Crippen LogP contribution in [0.1, 0.15) is 18.4 Å². The fourth-order valence-corrected chi connectivity index (χ4v) is 2.95. The van der Waals surface area contributed by atoms with Crippen LogP contribution < -0.4 is 5.73 Å². The predicted molar refractivity (Wildman–Crippen MR) is 77.8 cm³/mol. The minimum absolute atomic E-state index is 0.255. The first-order chi connectivity index (χ1) is 8.90. The third-order valence-electron chi connectivity index (χ3n) is 3.41. The Bertz CT molecular complexity index is 498. The molecule has 0 radical (unpaired) electrons. The van der Waals surface area contributed by atoms with Crippen molar-refractivity contribution in [2.45, 2.75) is 25.0 Å². The first-order valence-electron chi connectivity index (χ1n) is 6.09. The van der Waals surface area contributed by atoms with Crippen molar-refractivity contribution in [1.29, 1.82) is 0 Å². The lowest BCUT2D eigenvalue weighted by molar-refractivity contribution is -0.142. The number of nitrogens with two attached hydrogens (primary N) is 1. The molecule has 1 aliphatic heterocycles. The van der Waals surface area contributed by atoms with Crippen molar-refractivity contribution in [3.05, 3.63) is 33.3 Å². The van der Waals surface area contributed by atoms with E-state index in [2.05, 4.69) is 15.9 Å². The summed E-state index contributed by atoms with van der Waals surface area (Å²) in [6.45, 7) is 1.66. The maximum Gasteiger partial charge on any atom is 0.250 e. The third-order valence-corrected chi connectivity index (χ3v) is 4.27. The maximum atomic E-state index is 11.3. The number of β-amino-alcohol motifs (C(OH)–C–C–N with tert-alkyl or cyclic N) is 1. The molecule has 1 aromatic carbocycles. The summed E-state index contributed by atoms with van der Waals surface area (Å²) in [6, 6.07) is 5.65. The Labute approximate surface area is 125 Å². The van der Waals surface area contributed by atoms with Crippen LogP contribution in [0.4, 0.5) is 0 Å². The number of halogens is 2. The summed E-state index contributed by atoms with van der Waals surface area (Å²) < 4.78 is 0.953. The van der Waals surface area contributed by atoms with Crippen LogP contribution >= 0.6 is 27.5 Å². The van der Waals surface area contributed by atoms with Crippen molar-refractivity contribution < 1.29 is 9.90 Å². The van der Waals surface area contributed by atoms with E-state index in [1.165, 1.54) is 0 Å². The Morgan fingerprint density at radius 3 is 3.00 bits per heavy atom. The van der Waals surface area contributed by atoms with E-state index in [1.807, 2.05) is 23.1 Å². The van der Waals surface area contributed by atoms with E-state index in [4.69, 9.17) is 17.3 Å². The zero-order chi connectivity index (χ0) is 14.0. The van der Waals surface area contributed by atoms with Gasteiger partial charge >= 0.3 is 0 Å². The SMILES string of the molecule is NC(=O)[C@@]1(O)CCCN(Cc2cc(Br)ccc2Cl)C1. The Morgan fingerprint density at radius 1 is 1.58 bits per heavy atom. The van der Waals surface area contributed by atoms with Gasteiger partial charge in [0.2, 0.25) is 0 Å². The number of aliphatic hydroxyl groups is 1. The molecule has 1 heterocycles. The Morgan fingerprint density at radius 2 is 2.32 bits per heavy atom. The first-order valence-corrected chi connectivity index (χ1v) is 7.26. The monoisotopic (exact) mass is 346 g/mol. The van der Waals surface area contributed by atoms with Gasteiger partial charge in [0.05, 0.1) is 0 Å². The van der Waals surface area contributed by atoms with Gasteiger partial charge in [-0.2, -0.15) is 0 Å². The van der Waals surface area contributed by atoms with Crippen molar-refractivity contribution in [3.8, 4) is 0 Å². The van der Waals surface area contributed by atoms with E-state index in [0.717, 1.165) is 23.0 Å². The van der Waals surface area contributed by atoms with Crippen LogP contribution in [0, 0.1) is 0 Å². The molecule has 6 heteroatoms. The molecule has 1 amide bonds. The van der Waals surface area contributed by atoms with Crippen LogP contribution in [-0.2, 0) is 11.3 Å². The highest BCUT2D eigenvalue weighted by molar-refractivity contribution is 9.10. The molecule has 1 atom stereocenters. The van der Waals surface area contributed by atoms with Crippen molar-refractivity contribution in [2.24, 2.45) is 5.73 Å². The molecule has 1 saturated heterocycles. The van der Waals surface area contributed by atoms with E-state index in [1.54, 1.807) is 0 Å². The van der Waals surface area contributed by atoms with Crippen molar-refractivity contribution in [2.75, 3.05) is 13.1 Å². The molecule has 4 nitrogen and oxygen atoms in total. The molecule has 19 heavy (non-hydrogen) atoms. The molecular formula is C13H16BrClN2O2. The van der Waals surface area contributed by atoms with Crippen LogP contribution in [0.15, 0.2) is 22.7 Å². The van der Waals surface area contributed by atoms with E-state index in [9.17, 15) is 9.90 Å². The number of primary amides is 1. The molecule has 1 aromatic rings. The highest BCUT2D eigenvalue weighted by Gasteiger charge is 2.38. The summed E-state index contributed by atoms with van der Waals surface area (Å²) in [7, 11) is 0. The number of hydrogen-bond donors (Lipinski definition) is 2. The smallest absolute Gasteiger partial charge is 0.250 e. The molecule has 0 saturated carbocycles. The molecule has 104 valence electrons. The second-order valence-electron chi connectivity index (χ2n) is 4.95. The lowest BCUT2D eigenvalue weighted by Crippen LogP contribution is -2.55. The largest absolute Gasteiger partial charge is 0.379 e. The average Bonchev–Trinajstić information content (AvgIpc) is 2.34. The van der Waals surface area contributed by atoms with E-state index >= 15 is 0 Å². The summed E-state index contributed by atoms with van der Waals surface area (Å²) in [5.41, 5.74) is 4.80. The zero-order valence-corrected chi connectivity index (χ0v) is 12.7. The lowest BCUT2D eigenvalue weighted by Gasteiger charge is -2.37. The minimum Gasteiger partial charge on any atom is -0.379 e. The normalized spacial score (nSPS) is 24.4. The van der Waals surface area contributed by atoms with Crippen molar-refractivity contribution >= 4 is 33.4 Å². The molecule has 0 bridgehead atoms. The predicted octanol–water partition coefficient (Wildman–Crippen LogP) is 1.91. The standard InChI is InChI=1S/C13H16BrClN2O2/c14-10-2-3-11(15)9(6-10)7-17-5-1-4-13(19,8-17)12(16)18/h2-3,6,19H,1,4-5,7-8H2,(H2,16,18)/t13-/m1/s1. The van der Waals surface area contributed by atoms with E-state index in [-0.39, 0.29) is 6.54 Å². The number of rotatable bonds is 3. The zero-order valence-electron chi connectivity index (χ0n) is 10.4. The lowest BCUT2D eigenvalue weighted by atomic mass is 9.92. The quantitative estimate of drug-likeness (QED) is 0.878. The number of carbonyl (C=O) groups is 1. The Hall–Kier alpha value is -0.620. The van der Waals surface area contributed by atoms with Crippen LogP contribution in [0.3, 0.4) is 0 Å². The summed E-state index contributed by atoms with van der Waals surface area (Å²) in [6.07, 6.45) is 1.16. The molecule has 0 aromatic heterocycles. The van der Waals surface area contributed by atoms with Gasteiger partial charge in [0.1, 0.15) is 0 Å². The van der Waals surface area contributed by atoms with Crippen LogP contribution in [0.25, 0.3) is 0 Å². The second-order valence-corrected chi connectivity index (χ2v) is 6.27.